The Hall–Kier alpha value is -1.11. The summed E-state index contributed by atoms with van der Waals surface area (Å²) in [6.07, 6.45) is 1.22. The van der Waals surface area contributed by atoms with Crippen molar-refractivity contribution in [3.63, 3.8) is 0 Å². The van der Waals surface area contributed by atoms with Gasteiger partial charge < -0.3 is 10.5 Å². The molecule has 0 bridgehead atoms. The molecule has 0 saturated carbocycles. The summed E-state index contributed by atoms with van der Waals surface area (Å²) in [5, 5.41) is 0. The Bertz CT molecular complexity index is 592. The maximum Gasteiger partial charge on any atom is 0.178 e. The molecule has 22 heavy (non-hydrogen) atoms. The lowest BCUT2D eigenvalue weighted by Gasteiger charge is -2.18. The van der Waals surface area contributed by atoms with Crippen molar-refractivity contribution in [2.75, 3.05) is 18.9 Å². The summed E-state index contributed by atoms with van der Waals surface area (Å²) in [6, 6.07) is 5.98. The summed E-state index contributed by atoms with van der Waals surface area (Å²) >= 11 is 0. The monoisotopic (exact) mass is 351 g/mol. The van der Waals surface area contributed by atoms with E-state index < -0.39 is 15.7 Å². The van der Waals surface area contributed by atoms with E-state index in [1.54, 1.807) is 0 Å². The van der Waals surface area contributed by atoms with Gasteiger partial charge in [-0.1, -0.05) is 20.8 Å². The zero-order valence-corrected chi connectivity index (χ0v) is 14.6. The van der Waals surface area contributed by atoms with Crippen molar-refractivity contribution < 1.29 is 17.5 Å². The van der Waals surface area contributed by atoms with Gasteiger partial charge in [0.05, 0.1) is 10.6 Å². The van der Waals surface area contributed by atoms with Crippen molar-refractivity contribution in [1.29, 1.82) is 0 Å². The third-order valence-electron chi connectivity index (χ3n) is 2.52. The Morgan fingerprint density at radius 3 is 2.27 bits per heavy atom. The van der Waals surface area contributed by atoms with Crippen LogP contribution < -0.4 is 10.5 Å². The van der Waals surface area contributed by atoms with E-state index in [1.165, 1.54) is 30.3 Å². The van der Waals surface area contributed by atoms with Crippen LogP contribution >= 0.6 is 12.4 Å². The molecule has 1 rings (SSSR count). The van der Waals surface area contributed by atoms with Crippen LogP contribution in [-0.4, -0.2) is 27.3 Å². The van der Waals surface area contributed by atoms with Crippen LogP contribution in [0.5, 0.6) is 5.75 Å². The summed E-state index contributed by atoms with van der Waals surface area (Å²) < 4.78 is 42.7. The van der Waals surface area contributed by atoms with E-state index in [0.29, 0.717) is 5.75 Å². The molecule has 7 heteroatoms. The van der Waals surface area contributed by atoms with E-state index in [1.807, 2.05) is 20.8 Å². The second-order valence-electron chi connectivity index (χ2n) is 5.97. The van der Waals surface area contributed by atoms with Gasteiger partial charge in [0.25, 0.3) is 0 Å². The molecule has 0 unspecified atom stereocenters. The molecule has 0 radical (unpaired) electrons. The van der Waals surface area contributed by atoms with Gasteiger partial charge in [0, 0.05) is 6.54 Å². The number of benzene rings is 1. The molecule has 0 heterocycles. The first-order chi connectivity index (χ1) is 9.64. The van der Waals surface area contributed by atoms with Crippen molar-refractivity contribution in [2.24, 2.45) is 11.1 Å². The summed E-state index contributed by atoms with van der Waals surface area (Å²) in [5.74, 6) is 0.0147. The first kappa shape index (κ1) is 20.9. The summed E-state index contributed by atoms with van der Waals surface area (Å²) in [4.78, 5) is 0.239. The number of halogens is 2. The second kappa shape index (κ2) is 8.50. The number of nitrogens with two attached hydrogens (primary N) is 1. The summed E-state index contributed by atoms with van der Waals surface area (Å²) in [6.45, 7) is 5.50. The molecule has 0 aliphatic rings. The number of rotatable bonds is 6. The average molecular weight is 352 g/mol. The van der Waals surface area contributed by atoms with Gasteiger partial charge in [-0.05, 0) is 35.8 Å². The van der Waals surface area contributed by atoms with Gasteiger partial charge in [0.15, 0.2) is 9.84 Å². The molecule has 0 spiro atoms. The molecule has 0 aliphatic heterocycles. The van der Waals surface area contributed by atoms with Crippen LogP contribution in [0.1, 0.15) is 20.8 Å². The predicted molar refractivity (Wildman–Crippen MR) is 88.9 cm³/mol. The maximum atomic E-state index is 13.1. The average Bonchev–Trinajstić information content (AvgIpc) is 2.34. The molecule has 1 aromatic carbocycles. The molecule has 4 nitrogen and oxygen atoms in total. The van der Waals surface area contributed by atoms with Crippen LogP contribution in [0.15, 0.2) is 41.1 Å². The highest BCUT2D eigenvalue weighted by Gasteiger charge is 2.23. The third-order valence-corrected chi connectivity index (χ3v) is 4.76. The van der Waals surface area contributed by atoms with Crippen LogP contribution in [-0.2, 0) is 9.84 Å². The number of ether oxygens (including phenoxy) is 1. The lowest BCUT2D eigenvalue weighted by molar-refractivity contribution is 0.318. The first-order valence-corrected chi connectivity index (χ1v) is 8.29. The lowest BCUT2D eigenvalue weighted by atomic mass is 10.0. The molecule has 0 atom stereocenters. The van der Waals surface area contributed by atoms with Crippen molar-refractivity contribution in [1.82, 2.24) is 0 Å². The topological polar surface area (TPSA) is 69.4 Å². The smallest absolute Gasteiger partial charge is 0.178 e. The summed E-state index contributed by atoms with van der Waals surface area (Å²) in [5.41, 5.74) is 4.86. The summed E-state index contributed by atoms with van der Waals surface area (Å²) in [7, 11) is -3.33. The molecular formula is C15H23ClFNO3S. The normalized spacial score (nSPS) is 12.7. The van der Waals surface area contributed by atoms with E-state index in [9.17, 15) is 12.8 Å². The lowest BCUT2D eigenvalue weighted by Crippen LogP contribution is -2.20. The van der Waals surface area contributed by atoms with Gasteiger partial charge in [-0.2, -0.15) is 0 Å². The van der Waals surface area contributed by atoms with Crippen LogP contribution in [0.3, 0.4) is 0 Å². The van der Waals surface area contributed by atoms with Gasteiger partial charge in [-0.3, -0.25) is 0 Å². The fraction of sp³-hybridized carbons (Fsp3) is 0.467. The van der Waals surface area contributed by atoms with Crippen molar-refractivity contribution in [2.45, 2.75) is 25.7 Å². The fourth-order valence-corrected chi connectivity index (χ4v) is 3.59. The van der Waals surface area contributed by atoms with Gasteiger partial charge in [0.1, 0.15) is 18.2 Å². The standard InChI is InChI=1S/C15H22FNO3S.ClH/c1-15(2,3)11-21(18,19)14-6-4-13(5-7-14)20-10-12(16)8-9-17;/h4-8H,9-11,17H2,1-3H3;1H/b12-8+;. The quantitative estimate of drug-likeness (QED) is 0.854. The van der Waals surface area contributed by atoms with E-state index in [4.69, 9.17) is 10.5 Å². The van der Waals surface area contributed by atoms with Crippen molar-refractivity contribution in [3.05, 3.63) is 36.2 Å². The Morgan fingerprint density at radius 2 is 1.82 bits per heavy atom. The minimum absolute atomic E-state index is 0. The van der Waals surface area contributed by atoms with E-state index >= 15 is 0 Å². The largest absolute Gasteiger partial charge is 0.487 e. The van der Waals surface area contributed by atoms with Crippen molar-refractivity contribution in [3.8, 4) is 5.75 Å². The highest BCUT2D eigenvalue weighted by molar-refractivity contribution is 7.91. The molecule has 0 fully saturated rings. The molecular weight excluding hydrogens is 329 g/mol. The fourth-order valence-electron chi connectivity index (χ4n) is 1.74. The Kier molecular flexibility index (Phi) is 8.07. The number of sulfone groups is 1. The van der Waals surface area contributed by atoms with Crippen LogP contribution in [0.2, 0.25) is 0 Å². The molecule has 0 aromatic heterocycles. The third kappa shape index (κ3) is 7.24. The minimum Gasteiger partial charge on any atom is -0.487 e. The molecule has 0 aliphatic carbocycles. The van der Waals surface area contributed by atoms with Crippen molar-refractivity contribution >= 4 is 22.2 Å². The van der Waals surface area contributed by atoms with Gasteiger partial charge in [0.2, 0.25) is 0 Å². The Balaban J connectivity index is 0.00000441. The molecule has 0 amide bonds. The Morgan fingerprint density at radius 1 is 1.27 bits per heavy atom. The van der Waals surface area contributed by atoms with Crippen LogP contribution in [0, 0.1) is 5.41 Å². The zero-order valence-electron chi connectivity index (χ0n) is 13.0. The molecule has 0 saturated heterocycles. The molecule has 1 aromatic rings. The van der Waals surface area contributed by atoms with E-state index in [0.717, 1.165) is 0 Å². The molecule has 126 valence electrons. The highest BCUT2D eigenvalue weighted by atomic mass is 35.5. The zero-order chi connectivity index (χ0) is 16.1. The van der Waals surface area contributed by atoms with Crippen LogP contribution in [0.4, 0.5) is 4.39 Å². The Labute approximate surface area is 137 Å². The maximum absolute atomic E-state index is 13.1. The molecule has 2 N–H and O–H groups in total. The van der Waals surface area contributed by atoms with Gasteiger partial charge in [-0.25, -0.2) is 12.8 Å². The first-order valence-electron chi connectivity index (χ1n) is 6.64. The van der Waals surface area contributed by atoms with E-state index in [-0.39, 0.29) is 41.6 Å². The predicted octanol–water partition coefficient (Wildman–Crippen LogP) is 3.12. The van der Waals surface area contributed by atoms with Crippen LogP contribution in [0.25, 0.3) is 0 Å². The second-order valence-corrected chi connectivity index (χ2v) is 7.96. The van der Waals surface area contributed by atoms with Gasteiger partial charge in [-0.15, -0.1) is 12.4 Å². The number of hydrogen-bond donors (Lipinski definition) is 1. The van der Waals surface area contributed by atoms with Gasteiger partial charge >= 0.3 is 0 Å². The SMILES string of the molecule is CC(C)(C)CS(=O)(=O)c1ccc(OC/C(F)=C\CN)cc1.Cl. The minimum atomic E-state index is -3.33. The highest BCUT2D eigenvalue weighted by Crippen LogP contribution is 2.23. The van der Waals surface area contributed by atoms with E-state index in [2.05, 4.69) is 0 Å². The number of hydrogen-bond acceptors (Lipinski definition) is 4.